The molecule has 1 saturated carbocycles. The summed E-state index contributed by atoms with van der Waals surface area (Å²) in [5, 5.41) is 0. The van der Waals surface area contributed by atoms with Crippen molar-refractivity contribution in [2.45, 2.75) is 50.0 Å². The van der Waals surface area contributed by atoms with Crippen LogP contribution in [-0.4, -0.2) is 27.7 Å². The SMILES string of the molecule is CC1CCC(NS(=O)(=O)c2ccc3c(c2)OCCCO3)CC1. The molecule has 0 atom stereocenters. The second-order valence-corrected chi connectivity index (χ2v) is 7.95. The fraction of sp³-hybridized carbons (Fsp3) is 0.625. The topological polar surface area (TPSA) is 64.6 Å². The van der Waals surface area contributed by atoms with Gasteiger partial charge in [0.25, 0.3) is 0 Å². The Balaban J connectivity index is 1.76. The van der Waals surface area contributed by atoms with E-state index in [0.29, 0.717) is 30.6 Å². The van der Waals surface area contributed by atoms with Crippen molar-refractivity contribution >= 4 is 10.0 Å². The zero-order chi connectivity index (χ0) is 15.6. The number of nitrogens with one attached hydrogen (secondary N) is 1. The molecule has 1 aliphatic heterocycles. The van der Waals surface area contributed by atoms with Crippen LogP contribution in [0.25, 0.3) is 0 Å². The lowest BCUT2D eigenvalue weighted by atomic mass is 9.88. The fourth-order valence-corrected chi connectivity index (χ4v) is 4.30. The van der Waals surface area contributed by atoms with Crippen molar-refractivity contribution in [3.8, 4) is 11.5 Å². The Morgan fingerprint density at radius 2 is 1.73 bits per heavy atom. The molecule has 1 N–H and O–H groups in total. The van der Waals surface area contributed by atoms with Crippen molar-refractivity contribution in [2.24, 2.45) is 5.92 Å². The van der Waals surface area contributed by atoms with E-state index >= 15 is 0 Å². The Bertz CT molecular complexity index is 621. The highest BCUT2D eigenvalue weighted by Gasteiger charge is 2.25. The zero-order valence-electron chi connectivity index (χ0n) is 12.9. The minimum Gasteiger partial charge on any atom is -0.490 e. The van der Waals surface area contributed by atoms with Gasteiger partial charge in [-0.3, -0.25) is 0 Å². The summed E-state index contributed by atoms with van der Waals surface area (Å²) in [4.78, 5) is 0.246. The van der Waals surface area contributed by atoms with Crippen LogP contribution in [0.1, 0.15) is 39.0 Å². The molecule has 1 heterocycles. The van der Waals surface area contributed by atoms with Gasteiger partial charge in [-0.05, 0) is 43.7 Å². The van der Waals surface area contributed by atoms with Gasteiger partial charge in [0.15, 0.2) is 11.5 Å². The number of hydrogen-bond donors (Lipinski definition) is 1. The summed E-state index contributed by atoms with van der Waals surface area (Å²) in [5.41, 5.74) is 0. The normalized spacial score (nSPS) is 25.5. The van der Waals surface area contributed by atoms with Gasteiger partial charge in [-0.15, -0.1) is 0 Å². The van der Waals surface area contributed by atoms with Crippen LogP contribution in [0.5, 0.6) is 11.5 Å². The molecule has 122 valence electrons. The molecule has 2 aliphatic rings. The third kappa shape index (κ3) is 3.55. The minimum absolute atomic E-state index is 0.0391. The van der Waals surface area contributed by atoms with E-state index in [0.717, 1.165) is 32.1 Å². The predicted molar refractivity (Wildman–Crippen MR) is 83.8 cm³/mol. The lowest BCUT2D eigenvalue weighted by molar-refractivity contribution is 0.297. The Kier molecular flexibility index (Phi) is 4.59. The standard InChI is InChI=1S/C16H23NO4S/c1-12-3-5-13(6-4-12)17-22(18,19)14-7-8-15-16(11-14)21-10-2-9-20-15/h7-8,11-13,17H,2-6,9-10H2,1H3. The first-order valence-electron chi connectivity index (χ1n) is 7.96. The molecular formula is C16H23NO4S. The average Bonchev–Trinajstić information content (AvgIpc) is 2.74. The van der Waals surface area contributed by atoms with Gasteiger partial charge in [0.2, 0.25) is 10.0 Å². The number of ether oxygens (including phenoxy) is 2. The zero-order valence-corrected chi connectivity index (χ0v) is 13.7. The quantitative estimate of drug-likeness (QED) is 0.928. The van der Waals surface area contributed by atoms with Crippen LogP contribution >= 0.6 is 0 Å². The Morgan fingerprint density at radius 1 is 1.05 bits per heavy atom. The number of hydrogen-bond acceptors (Lipinski definition) is 4. The van der Waals surface area contributed by atoms with Gasteiger partial charge in [0.05, 0.1) is 18.1 Å². The van der Waals surface area contributed by atoms with Crippen LogP contribution in [0.2, 0.25) is 0 Å². The molecular weight excluding hydrogens is 302 g/mol. The molecule has 22 heavy (non-hydrogen) atoms. The molecule has 0 amide bonds. The Labute approximate surface area is 132 Å². The molecule has 1 aromatic carbocycles. The number of rotatable bonds is 3. The highest BCUT2D eigenvalue weighted by molar-refractivity contribution is 7.89. The van der Waals surface area contributed by atoms with E-state index in [2.05, 4.69) is 11.6 Å². The molecule has 0 saturated heterocycles. The van der Waals surface area contributed by atoms with Crippen molar-refractivity contribution in [2.75, 3.05) is 13.2 Å². The third-order valence-electron chi connectivity index (χ3n) is 4.37. The van der Waals surface area contributed by atoms with Crippen LogP contribution in [0.3, 0.4) is 0 Å². The number of sulfonamides is 1. The molecule has 1 aliphatic carbocycles. The molecule has 0 radical (unpaired) electrons. The maximum Gasteiger partial charge on any atom is 0.240 e. The maximum absolute atomic E-state index is 12.5. The summed E-state index contributed by atoms with van der Waals surface area (Å²) >= 11 is 0. The van der Waals surface area contributed by atoms with Crippen molar-refractivity contribution < 1.29 is 17.9 Å². The maximum atomic E-state index is 12.5. The Morgan fingerprint density at radius 3 is 2.45 bits per heavy atom. The highest BCUT2D eigenvalue weighted by atomic mass is 32.2. The number of fused-ring (bicyclic) bond motifs is 1. The van der Waals surface area contributed by atoms with Crippen LogP contribution in [0.4, 0.5) is 0 Å². The van der Waals surface area contributed by atoms with Crippen molar-refractivity contribution in [1.82, 2.24) is 4.72 Å². The van der Waals surface area contributed by atoms with Gasteiger partial charge in [0, 0.05) is 18.5 Å². The van der Waals surface area contributed by atoms with Gasteiger partial charge in [-0.1, -0.05) is 6.92 Å². The molecule has 0 aromatic heterocycles. The molecule has 0 spiro atoms. The minimum atomic E-state index is -3.51. The summed E-state index contributed by atoms with van der Waals surface area (Å²) in [5.74, 6) is 1.82. The molecule has 1 fully saturated rings. The van der Waals surface area contributed by atoms with Gasteiger partial charge in [0.1, 0.15) is 0 Å². The van der Waals surface area contributed by atoms with E-state index in [1.165, 1.54) is 0 Å². The molecule has 1 aromatic rings. The first-order valence-corrected chi connectivity index (χ1v) is 9.45. The van der Waals surface area contributed by atoms with E-state index in [4.69, 9.17) is 9.47 Å². The van der Waals surface area contributed by atoms with Crippen LogP contribution in [-0.2, 0) is 10.0 Å². The van der Waals surface area contributed by atoms with E-state index < -0.39 is 10.0 Å². The average molecular weight is 325 g/mol. The summed E-state index contributed by atoms with van der Waals surface area (Å²) < 4.78 is 39.0. The lowest BCUT2D eigenvalue weighted by Gasteiger charge is -2.26. The smallest absolute Gasteiger partial charge is 0.240 e. The van der Waals surface area contributed by atoms with E-state index in [9.17, 15) is 8.42 Å². The largest absolute Gasteiger partial charge is 0.490 e. The van der Waals surface area contributed by atoms with Gasteiger partial charge in [-0.25, -0.2) is 13.1 Å². The van der Waals surface area contributed by atoms with Crippen molar-refractivity contribution in [3.05, 3.63) is 18.2 Å². The Hall–Kier alpha value is -1.27. The first-order chi connectivity index (χ1) is 10.5. The van der Waals surface area contributed by atoms with Gasteiger partial charge >= 0.3 is 0 Å². The van der Waals surface area contributed by atoms with Crippen LogP contribution < -0.4 is 14.2 Å². The fourth-order valence-electron chi connectivity index (χ4n) is 2.98. The summed E-state index contributed by atoms with van der Waals surface area (Å²) in [6.07, 6.45) is 4.77. The van der Waals surface area contributed by atoms with Gasteiger partial charge in [-0.2, -0.15) is 0 Å². The highest BCUT2D eigenvalue weighted by Crippen LogP contribution is 2.32. The van der Waals surface area contributed by atoms with Crippen LogP contribution in [0.15, 0.2) is 23.1 Å². The summed E-state index contributed by atoms with van der Waals surface area (Å²) in [7, 11) is -3.51. The molecule has 5 nitrogen and oxygen atoms in total. The summed E-state index contributed by atoms with van der Waals surface area (Å²) in [6, 6.07) is 4.87. The van der Waals surface area contributed by atoms with E-state index in [1.54, 1.807) is 18.2 Å². The third-order valence-corrected chi connectivity index (χ3v) is 5.89. The number of benzene rings is 1. The second kappa shape index (κ2) is 6.46. The predicted octanol–water partition coefficient (Wildman–Crippen LogP) is 2.70. The van der Waals surface area contributed by atoms with Crippen LogP contribution in [0, 0.1) is 5.92 Å². The monoisotopic (exact) mass is 325 g/mol. The molecule has 3 rings (SSSR count). The van der Waals surface area contributed by atoms with Gasteiger partial charge < -0.3 is 9.47 Å². The molecule has 0 unspecified atom stereocenters. The van der Waals surface area contributed by atoms with Crippen molar-refractivity contribution in [3.63, 3.8) is 0 Å². The van der Waals surface area contributed by atoms with E-state index in [-0.39, 0.29) is 10.9 Å². The lowest BCUT2D eigenvalue weighted by Crippen LogP contribution is -2.37. The van der Waals surface area contributed by atoms with E-state index in [1.807, 2.05) is 0 Å². The molecule has 0 bridgehead atoms. The first kappa shape index (κ1) is 15.6. The molecule has 6 heteroatoms. The van der Waals surface area contributed by atoms with Crippen molar-refractivity contribution in [1.29, 1.82) is 0 Å². The second-order valence-electron chi connectivity index (χ2n) is 6.24. The summed E-state index contributed by atoms with van der Waals surface area (Å²) in [6.45, 7) is 3.36.